The maximum Gasteiger partial charge on any atom is 0.185 e. The first-order valence-corrected chi connectivity index (χ1v) is 14.1. The van der Waals surface area contributed by atoms with Crippen LogP contribution in [0.4, 0.5) is 8.78 Å². The lowest BCUT2D eigenvalue weighted by Crippen LogP contribution is -2.61. The molecule has 3 aromatic rings. The molecule has 7 heteroatoms. The van der Waals surface area contributed by atoms with E-state index in [1.54, 1.807) is 0 Å². The number of hydrogen-bond donors (Lipinski definition) is 0. The third kappa shape index (κ3) is 6.35. The van der Waals surface area contributed by atoms with E-state index in [1.807, 2.05) is 18.2 Å². The van der Waals surface area contributed by atoms with Gasteiger partial charge in [0.25, 0.3) is 0 Å². The molecule has 1 aliphatic carbocycles. The molecule has 0 spiro atoms. The predicted molar refractivity (Wildman–Crippen MR) is 145 cm³/mol. The monoisotopic (exact) mass is 534 g/mol. The second kappa shape index (κ2) is 11.9. The summed E-state index contributed by atoms with van der Waals surface area (Å²) in [6, 6.07) is 15.2. The molecule has 2 aliphatic rings. The molecule has 206 valence electrons. The maximum atomic E-state index is 14.2. The number of nitrogens with zero attached hydrogens (tertiary/aromatic N) is 2. The number of aromatic nitrogens is 1. The summed E-state index contributed by atoms with van der Waals surface area (Å²) in [6.07, 6.45) is 7.92. The third-order valence-electron chi connectivity index (χ3n) is 8.51. The number of Topliss-reactive ketones (excluding diaryl/α,β-unsaturated/α-hetero) is 2. The first kappa shape index (κ1) is 27.4. The van der Waals surface area contributed by atoms with Crippen LogP contribution in [0.15, 0.2) is 59.1 Å². The van der Waals surface area contributed by atoms with Crippen LogP contribution in [-0.2, 0) is 4.79 Å². The van der Waals surface area contributed by atoms with E-state index in [0.717, 1.165) is 18.6 Å². The minimum Gasteiger partial charge on any atom is -0.355 e. The molecule has 2 fully saturated rings. The average molecular weight is 535 g/mol. The molecule has 0 unspecified atom stereocenters. The lowest BCUT2D eigenvalue weighted by atomic mass is 9.69. The van der Waals surface area contributed by atoms with Gasteiger partial charge in [-0.2, -0.15) is 0 Å². The lowest BCUT2D eigenvalue weighted by Gasteiger charge is -2.54. The van der Waals surface area contributed by atoms with Crippen molar-refractivity contribution in [1.29, 1.82) is 0 Å². The zero-order valence-electron chi connectivity index (χ0n) is 22.5. The van der Waals surface area contributed by atoms with Gasteiger partial charge < -0.3 is 4.52 Å². The summed E-state index contributed by atoms with van der Waals surface area (Å²) in [5, 5.41) is 3.90. The number of likely N-dealkylation sites (tertiary alicyclic amines) is 1. The highest BCUT2D eigenvalue weighted by atomic mass is 19.1. The normalized spacial score (nSPS) is 18.4. The Labute approximate surface area is 228 Å². The fourth-order valence-electron chi connectivity index (χ4n) is 6.45. The number of halogens is 2. The highest BCUT2D eigenvalue weighted by Crippen LogP contribution is 2.43. The lowest BCUT2D eigenvalue weighted by molar-refractivity contribution is -0.127. The summed E-state index contributed by atoms with van der Waals surface area (Å²) in [6.45, 7) is 3.54. The van der Waals surface area contributed by atoms with Crippen molar-refractivity contribution in [3.8, 4) is 11.3 Å². The number of benzene rings is 2. The fourth-order valence-corrected chi connectivity index (χ4v) is 6.45. The second-order valence-corrected chi connectivity index (χ2v) is 11.4. The van der Waals surface area contributed by atoms with E-state index in [-0.39, 0.29) is 40.9 Å². The smallest absolute Gasteiger partial charge is 0.185 e. The minimum atomic E-state index is -0.779. The van der Waals surface area contributed by atoms with Gasteiger partial charge in [0.2, 0.25) is 0 Å². The summed E-state index contributed by atoms with van der Waals surface area (Å²) in [4.78, 5) is 29.2. The molecule has 5 nitrogen and oxygen atoms in total. The summed E-state index contributed by atoms with van der Waals surface area (Å²) in [7, 11) is 0. The van der Waals surface area contributed by atoms with Crippen molar-refractivity contribution >= 4 is 11.6 Å². The zero-order chi connectivity index (χ0) is 27.4. The molecule has 1 atom stereocenters. The number of carbonyl (C=O) groups is 2. The Morgan fingerprint density at radius 2 is 1.77 bits per heavy atom. The van der Waals surface area contributed by atoms with Gasteiger partial charge in [-0.15, -0.1) is 0 Å². The largest absolute Gasteiger partial charge is 0.355 e. The Hall–Kier alpha value is -3.19. The van der Waals surface area contributed by atoms with Crippen LogP contribution in [0.25, 0.3) is 11.3 Å². The van der Waals surface area contributed by atoms with Crippen molar-refractivity contribution in [1.82, 2.24) is 10.1 Å². The highest BCUT2D eigenvalue weighted by Gasteiger charge is 2.48. The number of hydrogen-bond acceptors (Lipinski definition) is 5. The van der Waals surface area contributed by atoms with Crippen molar-refractivity contribution in [3.63, 3.8) is 0 Å². The fraction of sp³-hybridized carbons (Fsp3) is 0.469. The van der Waals surface area contributed by atoms with Gasteiger partial charge in [0.15, 0.2) is 11.5 Å². The van der Waals surface area contributed by atoms with Crippen molar-refractivity contribution in [2.75, 3.05) is 13.1 Å². The van der Waals surface area contributed by atoms with Crippen molar-refractivity contribution in [3.05, 3.63) is 77.5 Å². The molecule has 2 heterocycles. The van der Waals surface area contributed by atoms with Crippen LogP contribution in [0, 0.1) is 17.0 Å². The van der Waals surface area contributed by atoms with E-state index in [9.17, 15) is 18.4 Å². The van der Waals surface area contributed by atoms with Crippen molar-refractivity contribution in [2.24, 2.45) is 5.41 Å². The van der Waals surface area contributed by atoms with E-state index in [1.165, 1.54) is 49.8 Å². The van der Waals surface area contributed by atoms with Crippen LogP contribution in [0.3, 0.4) is 0 Å². The molecule has 1 saturated carbocycles. The first-order valence-electron chi connectivity index (χ1n) is 14.1. The topological polar surface area (TPSA) is 63.4 Å². The first-order chi connectivity index (χ1) is 18.9. The van der Waals surface area contributed by atoms with Gasteiger partial charge in [-0.3, -0.25) is 14.5 Å². The summed E-state index contributed by atoms with van der Waals surface area (Å²) in [5.74, 6) is -1.28. The Kier molecular flexibility index (Phi) is 8.36. The molecule has 1 aliphatic heterocycles. The molecule has 1 saturated heterocycles. The van der Waals surface area contributed by atoms with Crippen molar-refractivity contribution < 1.29 is 22.9 Å². The Bertz CT molecular complexity index is 1290. The Morgan fingerprint density at radius 3 is 2.46 bits per heavy atom. The molecule has 1 aromatic heterocycles. The zero-order valence-corrected chi connectivity index (χ0v) is 22.5. The Balaban J connectivity index is 1.30. The molecular weight excluding hydrogens is 498 g/mol. The molecule has 0 bridgehead atoms. The van der Waals surface area contributed by atoms with Gasteiger partial charge in [-0.1, -0.05) is 61.7 Å². The third-order valence-corrected chi connectivity index (χ3v) is 8.51. The van der Waals surface area contributed by atoms with Gasteiger partial charge in [0.1, 0.15) is 23.1 Å². The SMILES string of the molecule is CC[C@H](CC(=O)CC1(CC(=O)c2cc(-c3ccc(F)cc3F)on2)CN(C2CCCCC2)C1)c1ccccc1. The minimum absolute atomic E-state index is 0.0477. The standard InChI is InChI=1S/C32H36F2N2O3/c1-2-22(23-9-5-3-6-10-23)15-26(37)18-32(20-36(21-32)25-11-7-4-8-12-25)19-30(38)29-17-31(39-35-29)27-14-13-24(33)16-28(27)34/h3,5-6,9-10,13-14,16-17,22,25H,2,4,7-8,11-12,15,18-21H2,1H3/t22-/m1/s1. The summed E-state index contributed by atoms with van der Waals surface area (Å²) in [5.41, 5.74) is 0.874. The maximum absolute atomic E-state index is 14.2. The van der Waals surface area contributed by atoms with E-state index in [4.69, 9.17) is 4.52 Å². The second-order valence-electron chi connectivity index (χ2n) is 11.4. The van der Waals surface area contributed by atoms with E-state index < -0.39 is 17.0 Å². The highest BCUT2D eigenvalue weighted by molar-refractivity contribution is 5.96. The molecule has 0 radical (unpaired) electrons. The summed E-state index contributed by atoms with van der Waals surface area (Å²) < 4.78 is 32.8. The summed E-state index contributed by atoms with van der Waals surface area (Å²) >= 11 is 0. The predicted octanol–water partition coefficient (Wildman–Crippen LogP) is 7.37. The molecule has 0 amide bonds. The van der Waals surface area contributed by atoms with Gasteiger partial charge in [0, 0.05) is 55.9 Å². The van der Waals surface area contributed by atoms with E-state index in [2.05, 4.69) is 29.1 Å². The van der Waals surface area contributed by atoms with Crippen LogP contribution in [0.1, 0.15) is 86.7 Å². The van der Waals surface area contributed by atoms with Gasteiger partial charge >= 0.3 is 0 Å². The van der Waals surface area contributed by atoms with Gasteiger partial charge in [-0.05, 0) is 42.9 Å². The number of rotatable bonds is 11. The van der Waals surface area contributed by atoms with Crippen LogP contribution in [0.5, 0.6) is 0 Å². The quantitative estimate of drug-likeness (QED) is 0.240. The number of ketones is 2. The van der Waals surface area contributed by atoms with Crippen LogP contribution in [0.2, 0.25) is 0 Å². The molecule has 5 rings (SSSR count). The van der Waals surface area contributed by atoms with E-state index >= 15 is 0 Å². The van der Waals surface area contributed by atoms with E-state index in [0.29, 0.717) is 32.0 Å². The molecule has 2 aromatic carbocycles. The van der Waals surface area contributed by atoms with Crippen LogP contribution in [-0.4, -0.2) is 40.8 Å². The van der Waals surface area contributed by atoms with Gasteiger partial charge in [-0.25, -0.2) is 8.78 Å². The van der Waals surface area contributed by atoms with Crippen LogP contribution >= 0.6 is 0 Å². The average Bonchev–Trinajstić information content (AvgIpc) is 3.41. The molecule has 0 N–H and O–H groups in total. The van der Waals surface area contributed by atoms with Crippen LogP contribution < -0.4 is 0 Å². The number of carbonyl (C=O) groups excluding carboxylic acids is 2. The molecular formula is C32H36F2N2O3. The van der Waals surface area contributed by atoms with Gasteiger partial charge in [0.05, 0.1) is 5.56 Å². The molecule has 39 heavy (non-hydrogen) atoms. The van der Waals surface area contributed by atoms with Crippen molar-refractivity contribution in [2.45, 2.75) is 76.7 Å². The Morgan fingerprint density at radius 1 is 1.03 bits per heavy atom.